The highest BCUT2D eigenvalue weighted by atomic mass is 16.5. The molecule has 18 heavy (non-hydrogen) atoms. The van der Waals surface area contributed by atoms with E-state index in [1.54, 1.807) is 18.2 Å². The Morgan fingerprint density at radius 3 is 2.50 bits per heavy atom. The summed E-state index contributed by atoms with van der Waals surface area (Å²) in [6.45, 7) is 3.82. The second-order valence-electron chi connectivity index (χ2n) is 4.07. The van der Waals surface area contributed by atoms with E-state index in [0.29, 0.717) is 11.5 Å². The van der Waals surface area contributed by atoms with Crippen LogP contribution in [0, 0.1) is 0 Å². The smallest absolute Gasteiger partial charge is 0.341 e. The third-order valence-electron chi connectivity index (χ3n) is 2.56. The van der Waals surface area contributed by atoms with Gasteiger partial charge in [-0.2, -0.15) is 0 Å². The van der Waals surface area contributed by atoms with Gasteiger partial charge in [0.2, 0.25) is 0 Å². The Labute approximate surface area is 108 Å². The minimum Gasteiger partial charge on any atom is -0.487 e. The number of aliphatic carboxylic acids is 1. The number of carboxylic acids is 1. The minimum atomic E-state index is -0.995. The van der Waals surface area contributed by atoms with Crippen LogP contribution in [0.15, 0.2) is 24.3 Å². The van der Waals surface area contributed by atoms with Crippen LogP contribution in [-0.4, -0.2) is 23.8 Å². The molecule has 1 unspecified atom stereocenters. The number of hydrogen-bond donors (Lipinski definition) is 1. The first-order valence-electron chi connectivity index (χ1n) is 6.27. The van der Waals surface area contributed by atoms with Crippen LogP contribution in [0.2, 0.25) is 0 Å². The number of carbonyl (C=O) groups is 1. The summed E-state index contributed by atoms with van der Waals surface area (Å²) in [4.78, 5) is 10.5. The zero-order valence-electron chi connectivity index (χ0n) is 10.9. The Bertz CT molecular complexity index is 376. The average Bonchev–Trinajstić information content (AvgIpc) is 2.37. The standard InChI is InChI=1S/C14H20O4/c1-3-7-11(4-2)18-13-9-6-5-8-12(13)17-10-14(15)16/h5-6,8-9,11H,3-4,7,10H2,1-2H3,(H,15,16). The second kappa shape index (κ2) is 7.58. The minimum absolute atomic E-state index is 0.143. The van der Waals surface area contributed by atoms with E-state index in [9.17, 15) is 4.79 Å². The summed E-state index contributed by atoms with van der Waals surface area (Å²) in [6, 6.07) is 7.17. The van der Waals surface area contributed by atoms with Crippen molar-refractivity contribution in [1.29, 1.82) is 0 Å². The van der Waals surface area contributed by atoms with Crippen LogP contribution in [0.3, 0.4) is 0 Å². The fourth-order valence-corrected chi connectivity index (χ4v) is 1.65. The largest absolute Gasteiger partial charge is 0.487 e. The van der Waals surface area contributed by atoms with Gasteiger partial charge in [-0.25, -0.2) is 4.79 Å². The predicted molar refractivity (Wildman–Crippen MR) is 69.2 cm³/mol. The molecular weight excluding hydrogens is 232 g/mol. The summed E-state index contributed by atoms with van der Waals surface area (Å²) >= 11 is 0. The molecule has 0 aliphatic rings. The van der Waals surface area contributed by atoms with Gasteiger partial charge < -0.3 is 14.6 Å². The average molecular weight is 252 g/mol. The SMILES string of the molecule is CCCC(CC)Oc1ccccc1OCC(=O)O. The van der Waals surface area contributed by atoms with Crippen LogP contribution in [0.25, 0.3) is 0 Å². The van der Waals surface area contributed by atoms with Crippen LogP contribution in [0.5, 0.6) is 11.5 Å². The van der Waals surface area contributed by atoms with Gasteiger partial charge in [-0.05, 0) is 25.0 Å². The summed E-state index contributed by atoms with van der Waals surface area (Å²) in [5.74, 6) is 0.0962. The lowest BCUT2D eigenvalue weighted by atomic mass is 10.1. The van der Waals surface area contributed by atoms with E-state index < -0.39 is 5.97 Å². The number of carboxylic acid groups (broad SMARTS) is 1. The summed E-state index contributed by atoms with van der Waals surface area (Å²) < 4.78 is 11.0. The van der Waals surface area contributed by atoms with E-state index in [0.717, 1.165) is 19.3 Å². The molecule has 1 aromatic carbocycles. The lowest BCUT2D eigenvalue weighted by Gasteiger charge is -2.18. The van der Waals surface area contributed by atoms with Gasteiger partial charge >= 0.3 is 5.97 Å². The van der Waals surface area contributed by atoms with Crippen molar-refractivity contribution >= 4 is 5.97 Å². The molecule has 100 valence electrons. The van der Waals surface area contributed by atoms with Crippen molar-refractivity contribution in [3.63, 3.8) is 0 Å². The number of ether oxygens (including phenoxy) is 2. The maximum Gasteiger partial charge on any atom is 0.341 e. The van der Waals surface area contributed by atoms with Crippen molar-refractivity contribution in [2.45, 2.75) is 39.2 Å². The predicted octanol–water partition coefficient (Wildman–Crippen LogP) is 3.11. The van der Waals surface area contributed by atoms with Crippen molar-refractivity contribution in [2.24, 2.45) is 0 Å². The first-order chi connectivity index (χ1) is 8.67. The van der Waals surface area contributed by atoms with Crippen molar-refractivity contribution < 1.29 is 19.4 Å². The molecule has 1 N–H and O–H groups in total. The zero-order chi connectivity index (χ0) is 13.4. The quantitative estimate of drug-likeness (QED) is 0.772. The van der Waals surface area contributed by atoms with Gasteiger partial charge in [-0.3, -0.25) is 0 Å². The van der Waals surface area contributed by atoms with Gasteiger partial charge in [0, 0.05) is 0 Å². The lowest BCUT2D eigenvalue weighted by molar-refractivity contribution is -0.139. The highest BCUT2D eigenvalue weighted by molar-refractivity contribution is 5.68. The van der Waals surface area contributed by atoms with E-state index in [-0.39, 0.29) is 12.7 Å². The fraction of sp³-hybridized carbons (Fsp3) is 0.500. The molecule has 0 saturated heterocycles. The van der Waals surface area contributed by atoms with E-state index >= 15 is 0 Å². The molecular formula is C14H20O4. The second-order valence-corrected chi connectivity index (χ2v) is 4.07. The van der Waals surface area contributed by atoms with E-state index in [1.165, 1.54) is 0 Å². The molecule has 0 bridgehead atoms. The summed E-state index contributed by atoms with van der Waals surface area (Å²) in [7, 11) is 0. The third-order valence-corrected chi connectivity index (χ3v) is 2.56. The number of rotatable bonds is 8. The maximum atomic E-state index is 10.5. The highest BCUT2D eigenvalue weighted by Gasteiger charge is 2.11. The van der Waals surface area contributed by atoms with Crippen LogP contribution in [0.4, 0.5) is 0 Å². The van der Waals surface area contributed by atoms with Crippen LogP contribution < -0.4 is 9.47 Å². The molecule has 0 fully saturated rings. The number of hydrogen-bond acceptors (Lipinski definition) is 3. The van der Waals surface area contributed by atoms with Crippen molar-refractivity contribution in [3.05, 3.63) is 24.3 Å². The Balaban J connectivity index is 2.71. The van der Waals surface area contributed by atoms with Gasteiger partial charge in [0.1, 0.15) is 0 Å². The Kier molecular flexibility index (Phi) is 6.05. The van der Waals surface area contributed by atoms with E-state index in [2.05, 4.69) is 13.8 Å². The van der Waals surface area contributed by atoms with Gasteiger partial charge in [0.25, 0.3) is 0 Å². The molecule has 0 spiro atoms. The monoisotopic (exact) mass is 252 g/mol. The third kappa shape index (κ3) is 4.65. The molecule has 1 rings (SSSR count). The molecule has 1 atom stereocenters. The Morgan fingerprint density at radius 2 is 1.94 bits per heavy atom. The lowest BCUT2D eigenvalue weighted by Crippen LogP contribution is -2.16. The van der Waals surface area contributed by atoms with E-state index in [1.807, 2.05) is 6.07 Å². The molecule has 0 amide bonds. The van der Waals surface area contributed by atoms with Gasteiger partial charge in [-0.15, -0.1) is 0 Å². The Hall–Kier alpha value is -1.71. The van der Waals surface area contributed by atoms with Gasteiger partial charge in [-0.1, -0.05) is 32.4 Å². The molecule has 0 heterocycles. The van der Waals surface area contributed by atoms with Crippen molar-refractivity contribution in [3.8, 4) is 11.5 Å². The van der Waals surface area contributed by atoms with Crippen LogP contribution in [0.1, 0.15) is 33.1 Å². The molecule has 1 aromatic rings. The first-order valence-corrected chi connectivity index (χ1v) is 6.27. The van der Waals surface area contributed by atoms with Crippen molar-refractivity contribution in [1.82, 2.24) is 0 Å². The Morgan fingerprint density at radius 1 is 1.28 bits per heavy atom. The van der Waals surface area contributed by atoms with Crippen LogP contribution >= 0.6 is 0 Å². The summed E-state index contributed by atoms with van der Waals surface area (Å²) in [6.07, 6.45) is 3.09. The topological polar surface area (TPSA) is 55.8 Å². The van der Waals surface area contributed by atoms with Gasteiger partial charge in [0.05, 0.1) is 6.10 Å². The molecule has 0 aromatic heterocycles. The fourth-order valence-electron chi connectivity index (χ4n) is 1.65. The molecule has 0 aliphatic heterocycles. The zero-order valence-corrected chi connectivity index (χ0v) is 10.9. The molecule has 4 nitrogen and oxygen atoms in total. The van der Waals surface area contributed by atoms with E-state index in [4.69, 9.17) is 14.6 Å². The van der Waals surface area contributed by atoms with Crippen molar-refractivity contribution in [2.75, 3.05) is 6.61 Å². The molecule has 0 saturated carbocycles. The summed E-state index contributed by atoms with van der Waals surface area (Å²) in [5, 5.41) is 8.61. The molecule has 0 aliphatic carbocycles. The maximum absolute atomic E-state index is 10.5. The number of para-hydroxylation sites is 2. The normalized spacial score (nSPS) is 11.9. The summed E-state index contributed by atoms with van der Waals surface area (Å²) in [5.41, 5.74) is 0. The molecule has 0 radical (unpaired) electrons. The first kappa shape index (κ1) is 14.4. The van der Waals surface area contributed by atoms with Gasteiger partial charge in [0.15, 0.2) is 18.1 Å². The highest BCUT2D eigenvalue weighted by Crippen LogP contribution is 2.28. The molecule has 4 heteroatoms. The number of benzene rings is 1. The van der Waals surface area contributed by atoms with Crippen LogP contribution in [-0.2, 0) is 4.79 Å².